The molecule has 0 aliphatic carbocycles. The first-order valence-electron chi connectivity index (χ1n) is 5.33. The molecule has 0 radical (unpaired) electrons. The molecule has 0 saturated heterocycles. The third-order valence-corrected chi connectivity index (χ3v) is 5.01. The lowest BCUT2D eigenvalue weighted by molar-refractivity contribution is 1.10. The zero-order valence-electron chi connectivity index (χ0n) is 9.25. The Morgan fingerprint density at radius 3 is 1.87 bits per heavy atom. The van der Waals surface area contributed by atoms with Crippen molar-refractivity contribution in [3.63, 3.8) is 0 Å². The van der Waals surface area contributed by atoms with Crippen LogP contribution in [0.15, 0.2) is 28.0 Å². The number of thioether (sulfide) groups is 2. The average Bonchev–Trinajstić information content (AvgIpc) is 2.26. The van der Waals surface area contributed by atoms with Crippen LogP contribution >= 0.6 is 35.1 Å². The Hall–Kier alpha value is 0.210. The molecule has 0 amide bonds. The summed E-state index contributed by atoms with van der Waals surface area (Å²) in [7, 11) is 0. The third-order valence-electron chi connectivity index (χ3n) is 1.85. The van der Waals surface area contributed by atoms with Crippen LogP contribution in [0.25, 0.3) is 0 Å². The molecule has 0 aliphatic rings. The first kappa shape index (κ1) is 13.3. The molecule has 0 nitrogen and oxygen atoms in total. The van der Waals surface area contributed by atoms with Crippen molar-refractivity contribution in [1.29, 1.82) is 0 Å². The molecule has 1 aromatic carbocycles. The molecule has 1 rings (SSSR count). The fourth-order valence-electron chi connectivity index (χ4n) is 1.14. The van der Waals surface area contributed by atoms with Gasteiger partial charge in [-0.05, 0) is 36.5 Å². The van der Waals surface area contributed by atoms with Gasteiger partial charge in [0.05, 0.1) is 5.02 Å². The molecule has 0 spiro atoms. The van der Waals surface area contributed by atoms with E-state index >= 15 is 0 Å². The Bertz CT molecular complexity index is 273. The molecule has 0 fully saturated rings. The number of hydrogen-bond acceptors (Lipinski definition) is 2. The highest BCUT2D eigenvalue weighted by Gasteiger charge is 2.06. The van der Waals surface area contributed by atoms with Crippen molar-refractivity contribution in [2.24, 2.45) is 0 Å². The standard InChI is InChI=1S/C12H17ClS2/c1-3-8-14-10-6-5-7-11(12(10)13)15-9-4-2/h5-7H,3-4,8-9H2,1-2H3. The molecule has 0 unspecified atom stereocenters. The lowest BCUT2D eigenvalue weighted by Crippen LogP contribution is -1.82. The van der Waals surface area contributed by atoms with E-state index in [0.717, 1.165) is 16.5 Å². The fourth-order valence-corrected chi connectivity index (χ4v) is 3.33. The largest absolute Gasteiger partial charge is 0.125 e. The second-order valence-electron chi connectivity index (χ2n) is 3.27. The molecule has 0 N–H and O–H groups in total. The predicted molar refractivity (Wildman–Crippen MR) is 73.5 cm³/mol. The van der Waals surface area contributed by atoms with Gasteiger partial charge in [-0.15, -0.1) is 23.5 Å². The molecule has 0 heterocycles. The van der Waals surface area contributed by atoms with E-state index in [0.29, 0.717) is 0 Å². The Morgan fingerprint density at radius 2 is 1.47 bits per heavy atom. The van der Waals surface area contributed by atoms with Gasteiger partial charge in [-0.3, -0.25) is 0 Å². The van der Waals surface area contributed by atoms with Crippen molar-refractivity contribution in [2.75, 3.05) is 11.5 Å². The van der Waals surface area contributed by atoms with Gasteiger partial charge in [0.2, 0.25) is 0 Å². The number of halogens is 1. The monoisotopic (exact) mass is 260 g/mol. The minimum Gasteiger partial charge on any atom is -0.125 e. The van der Waals surface area contributed by atoms with Crippen LogP contribution in [0, 0.1) is 0 Å². The van der Waals surface area contributed by atoms with Crippen LogP contribution in [0.4, 0.5) is 0 Å². The molecular formula is C12H17ClS2. The lowest BCUT2D eigenvalue weighted by atomic mass is 10.4. The summed E-state index contributed by atoms with van der Waals surface area (Å²) in [5.74, 6) is 2.28. The number of benzene rings is 1. The van der Waals surface area contributed by atoms with Crippen LogP contribution in [0.2, 0.25) is 5.02 Å². The van der Waals surface area contributed by atoms with Crippen LogP contribution in [0.5, 0.6) is 0 Å². The molecule has 1 aromatic rings. The molecule has 0 saturated carbocycles. The van der Waals surface area contributed by atoms with Crippen molar-refractivity contribution >= 4 is 35.1 Å². The maximum absolute atomic E-state index is 6.34. The molecule has 84 valence electrons. The van der Waals surface area contributed by atoms with Gasteiger partial charge in [-0.1, -0.05) is 31.5 Å². The number of hydrogen-bond donors (Lipinski definition) is 0. The van der Waals surface area contributed by atoms with E-state index in [1.807, 2.05) is 23.5 Å². The Kier molecular flexibility index (Phi) is 6.62. The molecular weight excluding hydrogens is 244 g/mol. The third kappa shape index (κ3) is 4.29. The number of rotatable bonds is 6. The van der Waals surface area contributed by atoms with E-state index in [1.54, 1.807) is 0 Å². The van der Waals surface area contributed by atoms with E-state index in [2.05, 4.69) is 32.0 Å². The van der Waals surface area contributed by atoms with Crippen LogP contribution in [-0.2, 0) is 0 Å². The normalized spacial score (nSPS) is 10.6. The Morgan fingerprint density at radius 1 is 1.00 bits per heavy atom. The topological polar surface area (TPSA) is 0 Å². The van der Waals surface area contributed by atoms with Gasteiger partial charge >= 0.3 is 0 Å². The molecule has 0 atom stereocenters. The zero-order valence-corrected chi connectivity index (χ0v) is 11.6. The second-order valence-corrected chi connectivity index (χ2v) is 5.92. The van der Waals surface area contributed by atoms with Crippen LogP contribution in [0.3, 0.4) is 0 Å². The second kappa shape index (κ2) is 7.48. The van der Waals surface area contributed by atoms with Gasteiger partial charge in [0, 0.05) is 9.79 Å². The van der Waals surface area contributed by atoms with Crippen LogP contribution in [0.1, 0.15) is 26.7 Å². The zero-order chi connectivity index (χ0) is 11.1. The van der Waals surface area contributed by atoms with Gasteiger partial charge in [0.1, 0.15) is 0 Å². The van der Waals surface area contributed by atoms with Gasteiger partial charge < -0.3 is 0 Å². The van der Waals surface area contributed by atoms with Crippen molar-refractivity contribution < 1.29 is 0 Å². The van der Waals surface area contributed by atoms with E-state index in [-0.39, 0.29) is 0 Å². The van der Waals surface area contributed by atoms with E-state index in [4.69, 9.17) is 11.6 Å². The van der Waals surface area contributed by atoms with Crippen LogP contribution in [-0.4, -0.2) is 11.5 Å². The summed E-state index contributed by atoms with van der Waals surface area (Å²) in [5.41, 5.74) is 0. The summed E-state index contributed by atoms with van der Waals surface area (Å²) in [4.78, 5) is 2.44. The van der Waals surface area contributed by atoms with Crippen molar-refractivity contribution in [1.82, 2.24) is 0 Å². The molecule has 3 heteroatoms. The quantitative estimate of drug-likeness (QED) is 0.633. The SMILES string of the molecule is CCCSc1cccc(SCCC)c1Cl. The smallest absolute Gasteiger partial charge is 0.0677 e. The predicted octanol–water partition coefficient (Wildman–Crippen LogP) is 5.34. The molecule has 15 heavy (non-hydrogen) atoms. The minimum absolute atomic E-state index is 0.939. The Balaban J connectivity index is 2.71. The highest BCUT2D eigenvalue weighted by atomic mass is 35.5. The van der Waals surface area contributed by atoms with Gasteiger partial charge in [-0.2, -0.15) is 0 Å². The summed E-state index contributed by atoms with van der Waals surface area (Å²) >= 11 is 10.0. The first-order valence-corrected chi connectivity index (χ1v) is 7.68. The highest BCUT2D eigenvalue weighted by molar-refractivity contribution is 8.00. The summed E-state index contributed by atoms with van der Waals surface area (Å²) in [5, 5.41) is 0.939. The fraction of sp³-hybridized carbons (Fsp3) is 0.500. The van der Waals surface area contributed by atoms with Crippen molar-refractivity contribution in [3.05, 3.63) is 23.2 Å². The Labute approximate surface area is 106 Å². The molecule has 0 aliphatic heterocycles. The summed E-state index contributed by atoms with van der Waals surface area (Å²) in [6, 6.07) is 6.32. The van der Waals surface area contributed by atoms with E-state index < -0.39 is 0 Å². The first-order chi connectivity index (χ1) is 7.29. The molecule has 0 aromatic heterocycles. The van der Waals surface area contributed by atoms with E-state index in [9.17, 15) is 0 Å². The van der Waals surface area contributed by atoms with Crippen molar-refractivity contribution in [3.8, 4) is 0 Å². The van der Waals surface area contributed by atoms with E-state index in [1.165, 1.54) is 22.6 Å². The lowest BCUT2D eigenvalue weighted by Gasteiger charge is -2.07. The van der Waals surface area contributed by atoms with Gasteiger partial charge in [-0.25, -0.2) is 0 Å². The maximum Gasteiger partial charge on any atom is 0.0677 e. The highest BCUT2D eigenvalue weighted by Crippen LogP contribution is 2.35. The maximum atomic E-state index is 6.34. The summed E-state index contributed by atoms with van der Waals surface area (Å²) in [6.45, 7) is 4.38. The van der Waals surface area contributed by atoms with Gasteiger partial charge in [0.25, 0.3) is 0 Å². The van der Waals surface area contributed by atoms with Crippen LogP contribution < -0.4 is 0 Å². The minimum atomic E-state index is 0.939. The summed E-state index contributed by atoms with van der Waals surface area (Å²) in [6.07, 6.45) is 2.38. The molecule has 0 bridgehead atoms. The van der Waals surface area contributed by atoms with Gasteiger partial charge in [0.15, 0.2) is 0 Å². The summed E-state index contributed by atoms with van der Waals surface area (Å²) < 4.78 is 0. The van der Waals surface area contributed by atoms with Crippen molar-refractivity contribution in [2.45, 2.75) is 36.5 Å². The average molecular weight is 261 g/mol.